The molecule has 0 radical (unpaired) electrons. The largest absolute Gasteiger partial charge is 0.493 e. The Morgan fingerprint density at radius 3 is 2.43 bits per heavy atom. The van der Waals surface area contributed by atoms with Gasteiger partial charge in [-0.25, -0.2) is 9.78 Å². The first-order valence-electron chi connectivity index (χ1n) is 10.8. The maximum atomic E-state index is 12.5. The first-order chi connectivity index (χ1) is 14.6. The summed E-state index contributed by atoms with van der Waals surface area (Å²) in [4.78, 5) is 17.5. The maximum Gasteiger partial charge on any atom is 0.344 e. The third kappa shape index (κ3) is 2.67. The smallest absolute Gasteiger partial charge is 0.344 e. The number of carbonyl (C=O) groups excluding carboxylic acids is 1. The molecule has 0 spiro atoms. The van der Waals surface area contributed by atoms with E-state index in [1.165, 1.54) is 51.3 Å². The fourth-order valence-electron chi connectivity index (χ4n) is 6.83. The second kappa shape index (κ2) is 6.61. The van der Waals surface area contributed by atoms with Crippen molar-refractivity contribution in [3.8, 4) is 11.5 Å². The maximum absolute atomic E-state index is 12.5. The molecule has 1 atom stereocenters. The molecule has 1 aromatic heterocycles. The SMILES string of the molecule is COc1ccc2c(c1OC)C(=O)O[C@H]2Nc1nc(C23CC4CC(CC(C4)C2)C3)cs1. The molecular formula is C23H26N2O4S. The predicted molar refractivity (Wildman–Crippen MR) is 113 cm³/mol. The van der Waals surface area contributed by atoms with Crippen LogP contribution in [0.1, 0.15) is 66.4 Å². The molecule has 6 nitrogen and oxygen atoms in total. The highest BCUT2D eigenvalue weighted by Crippen LogP contribution is 2.60. The molecule has 7 rings (SSSR count). The molecule has 0 unspecified atom stereocenters. The van der Waals surface area contributed by atoms with E-state index in [9.17, 15) is 4.79 Å². The highest BCUT2D eigenvalue weighted by Gasteiger charge is 2.52. The molecule has 4 bridgehead atoms. The zero-order chi connectivity index (χ0) is 20.5. The summed E-state index contributed by atoms with van der Waals surface area (Å²) in [6.45, 7) is 0. The highest BCUT2D eigenvalue weighted by atomic mass is 32.1. The van der Waals surface area contributed by atoms with Crippen LogP contribution in [0.2, 0.25) is 0 Å². The molecule has 0 saturated heterocycles. The second-order valence-corrected chi connectivity index (χ2v) is 10.3. The number of rotatable bonds is 5. The lowest BCUT2D eigenvalue weighted by atomic mass is 9.49. The van der Waals surface area contributed by atoms with Crippen molar-refractivity contribution in [1.82, 2.24) is 4.98 Å². The third-order valence-corrected chi connectivity index (χ3v) is 8.40. The standard InChI is InChI=1S/C23H26N2O4S/c1-27-16-4-3-15-18(19(16)28-2)21(26)29-20(15)25-22-24-17(11-30-22)23-8-12-5-13(9-23)7-14(6-12)10-23/h3-4,11-14,20H,5-10H2,1-2H3,(H,24,25)/t12?,13?,14?,20-,23?/m1/s1. The Bertz CT molecular complexity index is 981. The van der Waals surface area contributed by atoms with E-state index in [0.29, 0.717) is 17.1 Å². The molecule has 7 heteroatoms. The topological polar surface area (TPSA) is 69.7 Å². The summed E-state index contributed by atoms with van der Waals surface area (Å²) in [5, 5.41) is 6.37. The Morgan fingerprint density at radius 1 is 1.10 bits per heavy atom. The van der Waals surface area contributed by atoms with Crippen LogP contribution in [0.25, 0.3) is 0 Å². The number of benzene rings is 1. The van der Waals surface area contributed by atoms with Crippen LogP contribution >= 0.6 is 11.3 Å². The quantitative estimate of drug-likeness (QED) is 0.685. The summed E-state index contributed by atoms with van der Waals surface area (Å²) >= 11 is 1.61. The van der Waals surface area contributed by atoms with E-state index < -0.39 is 12.2 Å². The van der Waals surface area contributed by atoms with Crippen LogP contribution in [0.5, 0.6) is 11.5 Å². The Morgan fingerprint density at radius 2 is 1.80 bits per heavy atom. The lowest BCUT2D eigenvalue weighted by Gasteiger charge is -2.56. The van der Waals surface area contributed by atoms with Gasteiger partial charge in [-0.3, -0.25) is 0 Å². The number of carbonyl (C=O) groups is 1. The Kier molecular flexibility index (Phi) is 4.07. The van der Waals surface area contributed by atoms with Crippen molar-refractivity contribution in [3.05, 3.63) is 34.3 Å². The van der Waals surface area contributed by atoms with Crippen molar-refractivity contribution in [2.75, 3.05) is 19.5 Å². The number of hydrogen-bond acceptors (Lipinski definition) is 7. The van der Waals surface area contributed by atoms with E-state index in [-0.39, 0.29) is 5.41 Å². The van der Waals surface area contributed by atoms with E-state index in [1.54, 1.807) is 24.5 Å². The van der Waals surface area contributed by atoms with Crippen LogP contribution in [0.4, 0.5) is 5.13 Å². The monoisotopic (exact) mass is 426 g/mol. The minimum atomic E-state index is -0.567. The van der Waals surface area contributed by atoms with Crippen LogP contribution in [0, 0.1) is 17.8 Å². The van der Waals surface area contributed by atoms with E-state index in [2.05, 4.69) is 10.7 Å². The molecule has 1 aliphatic heterocycles. The van der Waals surface area contributed by atoms with Crippen molar-refractivity contribution >= 4 is 22.4 Å². The first-order valence-corrected chi connectivity index (χ1v) is 11.6. The van der Waals surface area contributed by atoms with E-state index in [0.717, 1.165) is 28.4 Å². The fourth-order valence-corrected chi connectivity index (χ4v) is 7.68. The number of methoxy groups -OCH3 is 2. The van der Waals surface area contributed by atoms with Crippen molar-refractivity contribution in [2.24, 2.45) is 17.8 Å². The van der Waals surface area contributed by atoms with Gasteiger partial charge in [-0.15, -0.1) is 11.3 Å². The number of nitrogens with zero attached hydrogens (tertiary/aromatic N) is 1. The normalized spacial score (nSPS) is 33.3. The van der Waals surface area contributed by atoms with Crippen LogP contribution < -0.4 is 14.8 Å². The van der Waals surface area contributed by atoms with Gasteiger partial charge in [-0.05, 0) is 68.4 Å². The third-order valence-electron chi connectivity index (χ3n) is 7.63. The molecule has 2 aromatic rings. The van der Waals surface area contributed by atoms with Crippen molar-refractivity contribution < 1.29 is 19.0 Å². The molecule has 4 saturated carbocycles. The molecular weight excluding hydrogens is 400 g/mol. The molecule has 1 N–H and O–H groups in total. The molecule has 5 aliphatic rings. The number of esters is 1. The Hall–Kier alpha value is -2.28. The number of aromatic nitrogens is 1. The second-order valence-electron chi connectivity index (χ2n) is 9.43. The van der Waals surface area contributed by atoms with E-state index in [4.69, 9.17) is 19.2 Å². The van der Waals surface area contributed by atoms with Crippen molar-refractivity contribution in [3.63, 3.8) is 0 Å². The number of thiazole rings is 1. The molecule has 0 amide bonds. The van der Waals surface area contributed by atoms with E-state index >= 15 is 0 Å². The van der Waals surface area contributed by atoms with Gasteiger partial charge in [0.25, 0.3) is 0 Å². The number of nitrogens with one attached hydrogen (secondary N) is 1. The summed E-state index contributed by atoms with van der Waals surface area (Å²) in [6.07, 6.45) is 7.58. The zero-order valence-electron chi connectivity index (χ0n) is 17.3. The van der Waals surface area contributed by atoms with Gasteiger partial charge in [0.1, 0.15) is 5.56 Å². The number of hydrogen-bond donors (Lipinski definition) is 1. The van der Waals surface area contributed by atoms with Crippen molar-refractivity contribution in [2.45, 2.75) is 50.2 Å². The van der Waals surface area contributed by atoms with Crippen LogP contribution in [-0.4, -0.2) is 25.2 Å². The lowest BCUT2D eigenvalue weighted by Crippen LogP contribution is -2.48. The molecule has 4 aliphatic carbocycles. The summed E-state index contributed by atoms with van der Waals surface area (Å²) in [7, 11) is 3.09. The van der Waals surface area contributed by atoms with Gasteiger partial charge in [0.2, 0.25) is 6.23 Å². The number of cyclic esters (lactones) is 1. The molecule has 1 aromatic carbocycles. The Labute approximate surface area is 179 Å². The predicted octanol–water partition coefficient (Wildman–Crippen LogP) is 4.91. The number of anilines is 1. The summed E-state index contributed by atoms with van der Waals surface area (Å²) < 4.78 is 16.4. The van der Waals surface area contributed by atoms with Crippen molar-refractivity contribution in [1.29, 1.82) is 0 Å². The fraction of sp³-hybridized carbons (Fsp3) is 0.565. The first kappa shape index (κ1) is 18.5. The lowest BCUT2D eigenvalue weighted by molar-refractivity contribution is -0.00691. The molecule has 158 valence electrons. The summed E-state index contributed by atoms with van der Waals surface area (Å²) in [5.41, 5.74) is 2.69. The van der Waals surface area contributed by atoms with Crippen LogP contribution in [-0.2, 0) is 10.2 Å². The van der Waals surface area contributed by atoms with Crippen LogP contribution in [0.3, 0.4) is 0 Å². The minimum absolute atomic E-state index is 0.270. The van der Waals surface area contributed by atoms with Crippen LogP contribution in [0.15, 0.2) is 17.5 Å². The van der Waals surface area contributed by atoms with Gasteiger partial charge in [-0.2, -0.15) is 0 Å². The average Bonchev–Trinajstić information content (AvgIpc) is 3.32. The highest BCUT2D eigenvalue weighted by molar-refractivity contribution is 7.13. The molecule has 30 heavy (non-hydrogen) atoms. The molecule has 2 heterocycles. The van der Waals surface area contributed by atoms with Gasteiger partial charge in [0.05, 0.1) is 19.9 Å². The zero-order valence-corrected chi connectivity index (χ0v) is 18.1. The summed E-state index contributed by atoms with van der Waals surface area (Å²) in [5.74, 6) is 3.19. The number of fused-ring (bicyclic) bond motifs is 1. The Balaban J connectivity index is 1.27. The van der Waals surface area contributed by atoms with E-state index in [1.807, 2.05) is 6.07 Å². The van der Waals surface area contributed by atoms with Gasteiger partial charge in [0.15, 0.2) is 16.6 Å². The van der Waals surface area contributed by atoms with Gasteiger partial charge in [0, 0.05) is 16.4 Å². The van der Waals surface area contributed by atoms with Gasteiger partial charge >= 0.3 is 5.97 Å². The molecule has 4 fully saturated rings. The van der Waals surface area contributed by atoms with Gasteiger partial charge < -0.3 is 19.5 Å². The summed E-state index contributed by atoms with van der Waals surface area (Å²) in [6, 6.07) is 3.66. The van der Waals surface area contributed by atoms with Gasteiger partial charge in [-0.1, -0.05) is 0 Å². The minimum Gasteiger partial charge on any atom is -0.493 e. The average molecular weight is 427 g/mol. The number of ether oxygens (including phenoxy) is 3.